The van der Waals surface area contributed by atoms with Crippen molar-refractivity contribution in [2.24, 2.45) is 0 Å². The van der Waals surface area contributed by atoms with Crippen molar-refractivity contribution >= 4 is 16.9 Å². The average Bonchev–Trinajstić information content (AvgIpc) is 2.27. The molecule has 1 saturated heterocycles. The van der Waals surface area contributed by atoms with E-state index in [2.05, 4.69) is 27.7 Å². The molecule has 1 heterocycles. The van der Waals surface area contributed by atoms with Gasteiger partial charge in [-0.2, -0.15) is 0 Å². The predicted octanol–water partition coefficient (Wildman–Crippen LogP) is 3.04. The SMILES string of the molecule is CCC(C)[Si]1(C(C)CC)CCCO[SiH2]1. The lowest BCUT2D eigenvalue weighted by Crippen LogP contribution is -2.52. The normalized spacial score (nSPS) is 34.3. The van der Waals surface area contributed by atoms with Gasteiger partial charge in [0.1, 0.15) is 0 Å². The molecular formula is C11H26OSi2. The van der Waals surface area contributed by atoms with Crippen LogP contribution in [0.5, 0.6) is 0 Å². The van der Waals surface area contributed by atoms with E-state index in [1.807, 2.05) is 0 Å². The van der Waals surface area contributed by atoms with Gasteiger partial charge in [-0.3, -0.25) is 0 Å². The monoisotopic (exact) mass is 230 g/mol. The molecule has 0 aromatic carbocycles. The highest BCUT2D eigenvalue weighted by Crippen LogP contribution is 2.41. The number of hydrogen-bond acceptors (Lipinski definition) is 1. The van der Waals surface area contributed by atoms with Crippen LogP contribution >= 0.6 is 0 Å². The number of rotatable bonds is 4. The Morgan fingerprint density at radius 3 is 2.14 bits per heavy atom. The Bertz CT molecular complexity index is 155. The maximum Gasteiger partial charge on any atom is 0.151 e. The van der Waals surface area contributed by atoms with Crippen molar-refractivity contribution in [3.8, 4) is 0 Å². The van der Waals surface area contributed by atoms with Crippen molar-refractivity contribution < 1.29 is 4.43 Å². The molecule has 2 unspecified atom stereocenters. The summed E-state index contributed by atoms with van der Waals surface area (Å²) in [5.41, 5.74) is 2.01. The van der Waals surface area contributed by atoms with Gasteiger partial charge >= 0.3 is 0 Å². The Kier molecular flexibility index (Phi) is 4.87. The highest BCUT2D eigenvalue weighted by molar-refractivity contribution is 7.24. The third-order valence-corrected chi connectivity index (χ3v) is 19.0. The van der Waals surface area contributed by atoms with Crippen LogP contribution in [0.4, 0.5) is 0 Å². The topological polar surface area (TPSA) is 9.23 Å². The maximum atomic E-state index is 5.93. The van der Waals surface area contributed by atoms with Gasteiger partial charge in [0.2, 0.25) is 0 Å². The fraction of sp³-hybridized carbons (Fsp3) is 1.00. The summed E-state index contributed by atoms with van der Waals surface area (Å²) in [4.78, 5) is 0. The zero-order valence-corrected chi connectivity index (χ0v) is 12.7. The van der Waals surface area contributed by atoms with Crippen LogP contribution in [0.15, 0.2) is 0 Å². The van der Waals surface area contributed by atoms with Crippen LogP contribution in [0.25, 0.3) is 0 Å². The van der Waals surface area contributed by atoms with Crippen LogP contribution in [-0.2, 0) is 4.43 Å². The van der Waals surface area contributed by atoms with Crippen molar-refractivity contribution in [2.45, 2.75) is 64.1 Å². The van der Waals surface area contributed by atoms with Crippen molar-refractivity contribution in [1.82, 2.24) is 0 Å². The van der Waals surface area contributed by atoms with E-state index in [1.165, 1.54) is 19.3 Å². The summed E-state index contributed by atoms with van der Waals surface area (Å²) in [6, 6.07) is 1.57. The predicted molar refractivity (Wildman–Crippen MR) is 69.1 cm³/mol. The first-order valence-corrected chi connectivity index (χ1v) is 11.5. The average molecular weight is 230 g/mol. The molecule has 1 aliphatic rings. The molecule has 3 heteroatoms. The fourth-order valence-electron chi connectivity index (χ4n) is 2.91. The van der Waals surface area contributed by atoms with Crippen molar-refractivity contribution in [2.75, 3.05) is 6.61 Å². The Labute approximate surface area is 92.4 Å². The molecule has 0 saturated carbocycles. The molecule has 0 amide bonds. The Morgan fingerprint density at radius 2 is 1.79 bits per heavy atom. The molecule has 0 radical (unpaired) electrons. The minimum absolute atomic E-state index is 0.162. The molecule has 14 heavy (non-hydrogen) atoms. The molecule has 0 aromatic heterocycles. The Balaban J connectivity index is 2.76. The maximum absolute atomic E-state index is 5.93. The van der Waals surface area contributed by atoms with Gasteiger partial charge in [0, 0.05) is 6.61 Å². The molecule has 1 aliphatic heterocycles. The fourth-order valence-corrected chi connectivity index (χ4v) is 14.9. The summed E-state index contributed by atoms with van der Waals surface area (Å²) >= 11 is 0. The Morgan fingerprint density at radius 1 is 1.21 bits per heavy atom. The van der Waals surface area contributed by atoms with Crippen LogP contribution < -0.4 is 0 Å². The lowest BCUT2D eigenvalue weighted by molar-refractivity contribution is 0.330. The largest absolute Gasteiger partial charge is 0.427 e. The molecule has 0 aliphatic carbocycles. The van der Waals surface area contributed by atoms with E-state index >= 15 is 0 Å². The van der Waals surface area contributed by atoms with Gasteiger partial charge in [-0.1, -0.05) is 46.6 Å². The first kappa shape index (κ1) is 12.5. The van der Waals surface area contributed by atoms with Gasteiger partial charge in [0.15, 0.2) is 9.28 Å². The van der Waals surface area contributed by atoms with Gasteiger partial charge in [0.05, 0.1) is 7.59 Å². The minimum Gasteiger partial charge on any atom is -0.427 e. The molecule has 1 rings (SSSR count). The molecule has 0 bridgehead atoms. The van der Waals surface area contributed by atoms with Crippen LogP contribution in [0.2, 0.25) is 17.1 Å². The van der Waals surface area contributed by atoms with Crippen LogP contribution in [0.3, 0.4) is 0 Å². The van der Waals surface area contributed by atoms with E-state index in [1.54, 1.807) is 6.04 Å². The standard InChI is InChI=1S/C11H26OSi2/c1-5-10(3)14(11(4)6-2)9-7-8-12-13-14/h10-11H,5-9,13H2,1-4H3. The van der Waals surface area contributed by atoms with Gasteiger partial charge in [-0.25, -0.2) is 0 Å². The van der Waals surface area contributed by atoms with Crippen molar-refractivity contribution in [3.63, 3.8) is 0 Å². The summed E-state index contributed by atoms with van der Waals surface area (Å²) in [7, 11) is -1.14. The van der Waals surface area contributed by atoms with E-state index in [-0.39, 0.29) is 9.28 Å². The zero-order valence-electron chi connectivity index (χ0n) is 10.3. The van der Waals surface area contributed by atoms with E-state index in [4.69, 9.17) is 4.43 Å². The molecule has 2 atom stereocenters. The van der Waals surface area contributed by atoms with Crippen LogP contribution in [-0.4, -0.2) is 23.5 Å². The summed E-state index contributed by atoms with van der Waals surface area (Å²) in [6.45, 7) is 10.8. The summed E-state index contributed by atoms with van der Waals surface area (Å²) in [6.07, 6.45) is 4.12. The summed E-state index contributed by atoms with van der Waals surface area (Å²) < 4.78 is 5.93. The molecular weight excluding hydrogens is 204 g/mol. The van der Waals surface area contributed by atoms with Gasteiger partial charge in [-0.05, 0) is 17.5 Å². The molecule has 1 nitrogen and oxygen atoms in total. The van der Waals surface area contributed by atoms with Gasteiger partial charge < -0.3 is 4.43 Å². The van der Waals surface area contributed by atoms with Crippen LogP contribution in [0, 0.1) is 0 Å². The molecule has 1 fully saturated rings. The molecule has 84 valence electrons. The van der Waals surface area contributed by atoms with Gasteiger partial charge in [0.25, 0.3) is 0 Å². The second-order valence-corrected chi connectivity index (χ2v) is 15.5. The first-order chi connectivity index (χ1) is 6.67. The summed E-state index contributed by atoms with van der Waals surface area (Å²) in [5.74, 6) is 0. The van der Waals surface area contributed by atoms with E-state index in [0.717, 1.165) is 17.7 Å². The van der Waals surface area contributed by atoms with E-state index < -0.39 is 7.59 Å². The second-order valence-electron chi connectivity index (χ2n) is 5.01. The molecule has 0 N–H and O–H groups in total. The zero-order chi connectivity index (χ0) is 10.6. The highest BCUT2D eigenvalue weighted by atomic mass is 29.2. The highest BCUT2D eigenvalue weighted by Gasteiger charge is 2.43. The smallest absolute Gasteiger partial charge is 0.151 e. The lowest BCUT2D eigenvalue weighted by atomic mass is 10.3. The van der Waals surface area contributed by atoms with Crippen LogP contribution in [0.1, 0.15) is 47.0 Å². The second kappa shape index (κ2) is 5.47. The third-order valence-electron chi connectivity index (χ3n) is 4.49. The minimum atomic E-state index is -0.973. The van der Waals surface area contributed by atoms with Gasteiger partial charge in [-0.15, -0.1) is 0 Å². The van der Waals surface area contributed by atoms with E-state index in [9.17, 15) is 0 Å². The summed E-state index contributed by atoms with van der Waals surface area (Å²) in [5, 5.41) is 0. The first-order valence-electron chi connectivity index (χ1n) is 6.25. The lowest BCUT2D eigenvalue weighted by Gasteiger charge is -2.43. The van der Waals surface area contributed by atoms with Crippen molar-refractivity contribution in [3.05, 3.63) is 0 Å². The van der Waals surface area contributed by atoms with E-state index in [0.29, 0.717) is 0 Å². The quantitative estimate of drug-likeness (QED) is 0.675. The molecule has 0 aromatic rings. The van der Waals surface area contributed by atoms with Crippen molar-refractivity contribution in [1.29, 1.82) is 0 Å². The molecule has 0 spiro atoms. The number of hydrogen-bond donors (Lipinski definition) is 0. The third kappa shape index (κ3) is 2.31. The Hall–Kier alpha value is 0.394.